The van der Waals surface area contributed by atoms with Gasteiger partial charge < -0.3 is 19.3 Å². The summed E-state index contributed by atoms with van der Waals surface area (Å²) < 4.78 is 14.6. The molecular weight excluding hydrogens is 315 g/mol. The summed E-state index contributed by atoms with van der Waals surface area (Å²) in [6, 6.07) is 3.92. The number of benzene rings is 1. The highest BCUT2D eigenvalue weighted by molar-refractivity contribution is 6.49. The van der Waals surface area contributed by atoms with Crippen molar-refractivity contribution in [1.82, 2.24) is 0 Å². The number of halogens is 2. The fourth-order valence-corrected chi connectivity index (χ4v) is 1.74. The second-order valence-electron chi connectivity index (χ2n) is 3.77. The van der Waals surface area contributed by atoms with E-state index in [9.17, 15) is 0 Å². The molecule has 1 N–H and O–H groups in total. The van der Waals surface area contributed by atoms with Crippen molar-refractivity contribution in [3.63, 3.8) is 0 Å². The highest BCUT2D eigenvalue weighted by atomic mass is 35.5. The van der Waals surface area contributed by atoms with Crippen LogP contribution in [-0.4, -0.2) is 39.6 Å². The lowest BCUT2D eigenvalue weighted by molar-refractivity contribution is 0.102. The summed E-state index contributed by atoms with van der Waals surface area (Å²) in [5.41, 5.74) is 2.24. The SMILES string of the molecule is C=C(COCC(=C)OC)OC.CO.Clc1c2ccc-2c1Cl. The predicted molar refractivity (Wildman–Crippen MR) is 86.7 cm³/mol. The van der Waals surface area contributed by atoms with Crippen molar-refractivity contribution in [1.29, 1.82) is 0 Å². The molecule has 0 heterocycles. The van der Waals surface area contributed by atoms with Crippen molar-refractivity contribution in [2.45, 2.75) is 0 Å². The molecular formula is C15H20Cl2O4. The molecule has 0 unspecified atom stereocenters. The summed E-state index contributed by atoms with van der Waals surface area (Å²) in [5, 5.41) is 8.45. The molecule has 6 heteroatoms. The van der Waals surface area contributed by atoms with Gasteiger partial charge in [0.25, 0.3) is 0 Å². The van der Waals surface area contributed by atoms with Crippen molar-refractivity contribution in [2.75, 3.05) is 34.5 Å². The summed E-state index contributed by atoms with van der Waals surface area (Å²) in [7, 11) is 4.10. The van der Waals surface area contributed by atoms with Crippen molar-refractivity contribution >= 4 is 23.2 Å². The Morgan fingerprint density at radius 2 is 1.29 bits per heavy atom. The van der Waals surface area contributed by atoms with Gasteiger partial charge in [0.2, 0.25) is 0 Å². The molecule has 118 valence electrons. The third-order valence-corrected chi connectivity index (χ3v) is 3.36. The number of methoxy groups -OCH3 is 2. The predicted octanol–water partition coefficient (Wildman–Crippen LogP) is 3.91. The van der Waals surface area contributed by atoms with Crippen LogP contribution in [0.4, 0.5) is 0 Å². The zero-order valence-corrected chi connectivity index (χ0v) is 13.9. The van der Waals surface area contributed by atoms with Gasteiger partial charge in [-0.15, -0.1) is 0 Å². The number of hydrogen-bond donors (Lipinski definition) is 1. The minimum Gasteiger partial charge on any atom is -0.499 e. The van der Waals surface area contributed by atoms with Gasteiger partial charge in [-0.1, -0.05) is 48.5 Å². The maximum Gasteiger partial charge on any atom is 0.114 e. The molecule has 2 aliphatic rings. The molecule has 2 rings (SSSR count). The van der Waals surface area contributed by atoms with Crippen molar-refractivity contribution in [3.05, 3.63) is 46.9 Å². The van der Waals surface area contributed by atoms with Crippen molar-refractivity contribution in [3.8, 4) is 11.1 Å². The van der Waals surface area contributed by atoms with E-state index in [-0.39, 0.29) is 0 Å². The number of rotatable bonds is 6. The molecule has 0 saturated heterocycles. The minimum atomic E-state index is 0.374. The number of hydrogen-bond acceptors (Lipinski definition) is 4. The van der Waals surface area contributed by atoms with Crippen LogP contribution in [0.1, 0.15) is 0 Å². The Bertz CT molecular complexity index is 444. The Hall–Kier alpha value is -1.20. The normalized spacial score (nSPS) is 9.43. The number of fused-ring (bicyclic) bond motifs is 1. The Morgan fingerprint density at radius 3 is 1.48 bits per heavy atom. The van der Waals surface area contributed by atoms with Crippen LogP contribution in [0, 0.1) is 0 Å². The number of ether oxygens (including phenoxy) is 3. The first-order valence-electron chi connectivity index (χ1n) is 5.95. The van der Waals surface area contributed by atoms with E-state index in [2.05, 4.69) is 13.2 Å². The molecule has 0 aromatic carbocycles. The number of aliphatic hydroxyl groups excluding tert-OH is 1. The third kappa shape index (κ3) is 5.98. The molecule has 0 spiro atoms. The van der Waals surface area contributed by atoms with E-state index in [4.69, 9.17) is 42.5 Å². The van der Waals surface area contributed by atoms with E-state index in [0.29, 0.717) is 24.7 Å². The van der Waals surface area contributed by atoms with Gasteiger partial charge in [0.1, 0.15) is 24.7 Å². The van der Waals surface area contributed by atoms with Crippen molar-refractivity contribution < 1.29 is 19.3 Å². The first-order valence-corrected chi connectivity index (χ1v) is 6.71. The topological polar surface area (TPSA) is 47.9 Å². The molecule has 0 aromatic rings. The summed E-state index contributed by atoms with van der Waals surface area (Å²) in [6.07, 6.45) is 0. The average molecular weight is 335 g/mol. The second-order valence-corrected chi connectivity index (χ2v) is 4.52. The van der Waals surface area contributed by atoms with Crippen LogP contribution in [0.25, 0.3) is 11.1 Å². The molecule has 0 saturated carbocycles. The van der Waals surface area contributed by atoms with Crippen LogP contribution in [-0.2, 0) is 14.2 Å². The van der Waals surface area contributed by atoms with Crippen LogP contribution in [0.2, 0.25) is 10.0 Å². The standard InChI is InChI=1S/C8H14O3.C6H2Cl2.CH4O/c1-7(9-3)5-11-6-8(2)10-4;7-5-3-1-2-4(3)6(5)8;1-2/h1-2,5-6H2,3-4H3;1-2H;2H,1H3. The van der Waals surface area contributed by atoms with Gasteiger partial charge in [-0.25, -0.2) is 0 Å². The maximum absolute atomic E-state index is 7.00. The second kappa shape index (κ2) is 10.5. The quantitative estimate of drug-likeness (QED) is 0.813. The summed E-state index contributed by atoms with van der Waals surface area (Å²) in [5.74, 6) is 1.18. The van der Waals surface area contributed by atoms with Crippen LogP contribution in [0.3, 0.4) is 0 Å². The lowest BCUT2D eigenvalue weighted by atomic mass is 9.94. The molecule has 0 bridgehead atoms. The van der Waals surface area contributed by atoms with Gasteiger partial charge in [0.15, 0.2) is 0 Å². The van der Waals surface area contributed by atoms with E-state index in [0.717, 1.165) is 28.3 Å². The lowest BCUT2D eigenvalue weighted by Crippen LogP contribution is -2.03. The zero-order chi connectivity index (χ0) is 16.4. The molecule has 0 atom stereocenters. The van der Waals surface area contributed by atoms with Gasteiger partial charge in [-0.3, -0.25) is 0 Å². The average Bonchev–Trinajstić information content (AvgIpc) is 2.48. The summed E-state index contributed by atoms with van der Waals surface area (Å²) in [6.45, 7) is 7.90. The molecule has 4 nitrogen and oxygen atoms in total. The fraction of sp³-hybridized carbons (Fsp3) is 0.333. The number of aliphatic hydroxyl groups is 1. The van der Waals surface area contributed by atoms with Crippen LogP contribution in [0.15, 0.2) is 36.8 Å². The van der Waals surface area contributed by atoms with Crippen LogP contribution in [0.5, 0.6) is 0 Å². The molecule has 0 fully saturated rings. The smallest absolute Gasteiger partial charge is 0.114 e. The summed E-state index contributed by atoms with van der Waals surface area (Å²) >= 11 is 11.3. The largest absolute Gasteiger partial charge is 0.499 e. The Labute approximate surface area is 135 Å². The molecule has 0 aromatic heterocycles. The molecule has 2 aliphatic carbocycles. The highest BCUT2D eigenvalue weighted by Gasteiger charge is 2.22. The lowest BCUT2D eigenvalue weighted by Gasteiger charge is -2.19. The Balaban J connectivity index is 0.000000349. The first kappa shape index (κ1) is 19.8. The van der Waals surface area contributed by atoms with E-state index >= 15 is 0 Å². The Morgan fingerprint density at radius 1 is 0.952 bits per heavy atom. The van der Waals surface area contributed by atoms with E-state index in [1.54, 1.807) is 14.2 Å². The van der Waals surface area contributed by atoms with Crippen molar-refractivity contribution in [2.24, 2.45) is 0 Å². The molecule has 0 aliphatic heterocycles. The van der Waals surface area contributed by atoms with Gasteiger partial charge >= 0.3 is 0 Å². The fourth-order valence-electron chi connectivity index (χ4n) is 1.20. The van der Waals surface area contributed by atoms with Gasteiger partial charge in [-0.05, 0) is 0 Å². The van der Waals surface area contributed by atoms with Gasteiger partial charge in [0, 0.05) is 18.2 Å². The monoisotopic (exact) mass is 334 g/mol. The molecule has 0 amide bonds. The maximum atomic E-state index is 7.00. The van der Waals surface area contributed by atoms with E-state index < -0.39 is 0 Å². The molecule has 21 heavy (non-hydrogen) atoms. The van der Waals surface area contributed by atoms with E-state index in [1.165, 1.54) is 0 Å². The summed E-state index contributed by atoms with van der Waals surface area (Å²) in [4.78, 5) is 0. The van der Waals surface area contributed by atoms with Gasteiger partial charge in [0.05, 0.1) is 24.3 Å². The van der Waals surface area contributed by atoms with E-state index in [1.807, 2.05) is 12.1 Å². The minimum absolute atomic E-state index is 0.374. The van der Waals surface area contributed by atoms with Crippen LogP contribution < -0.4 is 0 Å². The highest BCUT2D eigenvalue weighted by Crippen LogP contribution is 2.49. The van der Waals surface area contributed by atoms with Crippen LogP contribution >= 0.6 is 23.2 Å². The Kier molecular flexibility index (Phi) is 9.91. The first-order chi connectivity index (χ1) is 10.0. The van der Waals surface area contributed by atoms with Gasteiger partial charge in [-0.2, -0.15) is 0 Å². The molecule has 0 radical (unpaired) electrons. The zero-order valence-electron chi connectivity index (χ0n) is 12.4. The third-order valence-electron chi connectivity index (χ3n) is 2.48.